The summed E-state index contributed by atoms with van der Waals surface area (Å²) in [5.41, 5.74) is 0.419. The molecular formula is C8H4BrNO. The number of carbonyl (C=O) groups is 1. The van der Waals surface area contributed by atoms with E-state index in [9.17, 15) is 4.79 Å². The van der Waals surface area contributed by atoms with Crippen molar-refractivity contribution >= 4 is 21.8 Å². The van der Waals surface area contributed by atoms with Crippen molar-refractivity contribution in [2.24, 2.45) is 0 Å². The van der Waals surface area contributed by atoms with E-state index < -0.39 is 5.91 Å². The second-order valence-corrected chi connectivity index (χ2v) is 2.75. The monoisotopic (exact) mass is 209 g/mol. The van der Waals surface area contributed by atoms with Crippen LogP contribution in [0.3, 0.4) is 0 Å². The molecule has 0 aliphatic carbocycles. The quantitative estimate of drug-likeness (QED) is 0.652. The topological polar surface area (TPSA) is 21.4 Å². The molecule has 0 bridgehead atoms. The second kappa shape index (κ2) is 3.31. The first kappa shape index (κ1) is 7.96. The fourth-order valence-electron chi connectivity index (χ4n) is 0.695. The third kappa shape index (κ3) is 1.66. The molecule has 0 saturated carbocycles. The molecule has 0 N–H and O–H groups in total. The molecule has 2 nitrogen and oxygen atoms in total. The van der Waals surface area contributed by atoms with E-state index in [0.29, 0.717) is 10.0 Å². The summed E-state index contributed by atoms with van der Waals surface area (Å²) in [6.45, 7) is 6.50. The van der Waals surface area contributed by atoms with Crippen molar-refractivity contribution in [3.63, 3.8) is 0 Å². The fourth-order valence-corrected chi connectivity index (χ4v) is 1.15. The molecule has 1 aromatic carbocycles. The summed E-state index contributed by atoms with van der Waals surface area (Å²) in [7, 11) is 0. The van der Waals surface area contributed by atoms with Gasteiger partial charge in [-0.1, -0.05) is 34.1 Å². The van der Waals surface area contributed by atoms with E-state index in [4.69, 9.17) is 6.57 Å². The summed E-state index contributed by atoms with van der Waals surface area (Å²) in [5, 5.41) is 0. The Balaban J connectivity index is 3.16. The molecule has 0 spiro atoms. The zero-order valence-corrected chi connectivity index (χ0v) is 7.13. The van der Waals surface area contributed by atoms with Gasteiger partial charge in [0, 0.05) is 10.0 Å². The van der Waals surface area contributed by atoms with Gasteiger partial charge in [0.15, 0.2) is 0 Å². The number of hydrogen-bond acceptors (Lipinski definition) is 1. The summed E-state index contributed by atoms with van der Waals surface area (Å²) < 4.78 is 0.668. The molecule has 11 heavy (non-hydrogen) atoms. The van der Waals surface area contributed by atoms with Crippen LogP contribution in [0.15, 0.2) is 28.7 Å². The molecule has 0 aliphatic rings. The number of amides is 1. The molecular weight excluding hydrogens is 206 g/mol. The van der Waals surface area contributed by atoms with Crippen molar-refractivity contribution in [3.05, 3.63) is 45.7 Å². The van der Waals surface area contributed by atoms with E-state index >= 15 is 0 Å². The molecule has 0 radical (unpaired) electrons. The van der Waals surface area contributed by atoms with Crippen LogP contribution in [0.2, 0.25) is 0 Å². The van der Waals surface area contributed by atoms with Crippen LogP contribution in [0.5, 0.6) is 0 Å². The van der Waals surface area contributed by atoms with Gasteiger partial charge in [-0.15, -0.1) is 0 Å². The minimum atomic E-state index is -0.530. The van der Waals surface area contributed by atoms with Crippen LogP contribution in [0.25, 0.3) is 4.85 Å². The average molecular weight is 210 g/mol. The van der Waals surface area contributed by atoms with Crippen LogP contribution < -0.4 is 0 Å². The standard InChI is InChI=1S/C8H4BrNO/c1-10-8(11)6-4-2-3-5-7(6)9/h2-5H. The first-order chi connectivity index (χ1) is 5.25. The third-order valence-electron chi connectivity index (χ3n) is 1.21. The van der Waals surface area contributed by atoms with E-state index in [1.807, 2.05) is 0 Å². The van der Waals surface area contributed by atoms with Crippen LogP contribution in [0.1, 0.15) is 10.4 Å². The minimum Gasteiger partial charge on any atom is -0.310 e. The molecule has 0 fully saturated rings. The average Bonchev–Trinajstić information content (AvgIpc) is 2.04. The van der Waals surface area contributed by atoms with Gasteiger partial charge in [0.1, 0.15) is 0 Å². The summed E-state index contributed by atoms with van der Waals surface area (Å²) in [6, 6.07) is 6.87. The highest BCUT2D eigenvalue weighted by Gasteiger charge is 2.06. The number of halogens is 1. The smallest absolute Gasteiger partial charge is 0.310 e. The third-order valence-corrected chi connectivity index (χ3v) is 1.90. The maximum Gasteiger partial charge on any atom is 0.387 e. The van der Waals surface area contributed by atoms with Gasteiger partial charge in [0.25, 0.3) is 0 Å². The maximum absolute atomic E-state index is 10.9. The lowest BCUT2D eigenvalue weighted by Crippen LogP contribution is -1.91. The number of benzene rings is 1. The van der Waals surface area contributed by atoms with Gasteiger partial charge in [-0.3, -0.25) is 0 Å². The minimum absolute atomic E-state index is 0.419. The van der Waals surface area contributed by atoms with Crippen LogP contribution >= 0.6 is 15.9 Å². The molecule has 0 aliphatic heterocycles. The lowest BCUT2D eigenvalue weighted by molar-refractivity contribution is 0.104. The Labute approximate surface area is 72.8 Å². The number of rotatable bonds is 1. The van der Waals surface area contributed by atoms with Gasteiger partial charge in [-0.05, 0) is 6.07 Å². The van der Waals surface area contributed by atoms with Crippen molar-refractivity contribution < 1.29 is 4.79 Å². The second-order valence-electron chi connectivity index (χ2n) is 1.90. The molecule has 0 atom stereocenters. The van der Waals surface area contributed by atoms with Gasteiger partial charge < -0.3 is 4.79 Å². The van der Waals surface area contributed by atoms with Crippen LogP contribution in [0, 0.1) is 6.57 Å². The Morgan fingerprint density at radius 3 is 2.64 bits per heavy atom. The normalized spacial score (nSPS) is 8.73. The molecule has 3 heteroatoms. The summed E-state index contributed by atoms with van der Waals surface area (Å²) in [6.07, 6.45) is 0. The Bertz CT molecular complexity index is 327. The fraction of sp³-hybridized carbons (Fsp3) is 0. The van der Waals surface area contributed by atoms with E-state index in [2.05, 4.69) is 20.8 Å². The zero-order chi connectivity index (χ0) is 8.27. The van der Waals surface area contributed by atoms with E-state index in [1.165, 1.54) is 0 Å². The van der Waals surface area contributed by atoms with E-state index in [-0.39, 0.29) is 0 Å². The highest BCUT2D eigenvalue weighted by atomic mass is 79.9. The molecule has 1 amide bonds. The number of hydrogen-bond donors (Lipinski definition) is 0. The Kier molecular flexibility index (Phi) is 2.40. The molecule has 0 heterocycles. The van der Waals surface area contributed by atoms with Gasteiger partial charge in [0.05, 0.1) is 6.57 Å². The number of carbonyl (C=O) groups excluding carboxylic acids is 1. The predicted octanol–water partition coefficient (Wildman–Crippen LogP) is 2.51. The highest BCUT2D eigenvalue weighted by Crippen LogP contribution is 2.16. The van der Waals surface area contributed by atoms with Gasteiger partial charge in [-0.2, -0.15) is 4.85 Å². The van der Waals surface area contributed by atoms with Crippen LogP contribution in [0.4, 0.5) is 0 Å². The van der Waals surface area contributed by atoms with Crippen molar-refractivity contribution in [2.45, 2.75) is 0 Å². The predicted molar refractivity (Wildman–Crippen MR) is 45.1 cm³/mol. The zero-order valence-electron chi connectivity index (χ0n) is 5.54. The van der Waals surface area contributed by atoms with Crippen molar-refractivity contribution in [1.29, 1.82) is 0 Å². The van der Waals surface area contributed by atoms with Crippen molar-refractivity contribution in [3.8, 4) is 0 Å². The Morgan fingerprint density at radius 1 is 1.45 bits per heavy atom. The molecule has 54 valence electrons. The molecule has 1 aromatic rings. The Hall–Kier alpha value is -1.14. The summed E-state index contributed by atoms with van der Waals surface area (Å²) >= 11 is 3.17. The Morgan fingerprint density at radius 2 is 2.09 bits per heavy atom. The molecule has 0 saturated heterocycles. The van der Waals surface area contributed by atoms with Crippen LogP contribution in [-0.4, -0.2) is 5.91 Å². The van der Waals surface area contributed by atoms with Crippen LogP contribution in [-0.2, 0) is 0 Å². The molecule has 1 rings (SSSR count). The largest absolute Gasteiger partial charge is 0.387 e. The first-order valence-electron chi connectivity index (χ1n) is 2.92. The lowest BCUT2D eigenvalue weighted by Gasteiger charge is -1.94. The number of nitrogens with zero attached hydrogens (tertiary/aromatic N) is 1. The summed E-state index contributed by atoms with van der Waals surface area (Å²) in [5.74, 6) is -0.530. The maximum atomic E-state index is 10.9. The van der Waals surface area contributed by atoms with Gasteiger partial charge in [0.2, 0.25) is 0 Å². The SMILES string of the molecule is [C-]#[N+]C(=O)c1ccccc1Br. The first-order valence-corrected chi connectivity index (χ1v) is 3.71. The highest BCUT2D eigenvalue weighted by molar-refractivity contribution is 9.10. The van der Waals surface area contributed by atoms with Crippen molar-refractivity contribution in [2.75, 3.05) is 0 Å². The lowest BCUT2D eigenvalue weighted by atomic mass is 10.2. The summed E-state index contributed by atoms with van der Waals surface area (Å²) in [4.78, 5) is 13.7. The molecule has 0 aromatic heterocycles. The molecule has 0 unspecified atom stereocenters. The van der Waals surface area contributed by atoms with E-state index in [1.54, 1.807) is 24.3 Å². The van der Waals surface area contributed by atoms with Crippen molar-refractivity contribution in [1.82, 2.24) is 0 Å². The van der Waals surface area contributed by atoms with E-state index in [0.717, 1.165) is 0 Å². The van der Waals surface area contributed by atoms with Gasteiger partial charge >= 0.3 is 5.91 Å². The van der Waals surface area contributed by atoms with Gasteiger partial charge in [-0.25, -0.2) is 0 Å².